The molecule has 1 aliphatic rings. The highest BCUT2D eigenvalue weighted by Gasteiger charge is 2.30. The number of nitrogens with zero attached hydrogens (tertiary/aromatic N) is 1. The van der Waals surface area contributed by atoms with E-state index in [1.54, 1.807) is 7.11 Å². The summed E-state index contributed by atoms with van der Waals surface area (Å²) < 4.78 is 5.40. The maximum Gasteiger partial charge on any atom is 0.124 e. The minimum atomic E-state index is -0.500. The molecule has 1 aromatic carbocycles. The van der Waals surface area contributed by atoms with Crippen molar-refractivity contribution >= 4 is 0 Å². The number of rotatable bonds is 4. The van der Waals surface area contributed by atoms with Gasteiger partial charge in [-0.1, -0.05) is 25.5 Å². The zero-order valence-corrected chi connectivity index (χ0v) is 14.0. The van der Waals surface area contributed by atoms with Crippen molar-refractivity contribution in [1.29, 1.82) is 0 Å². The van der Waals surface area contributed by atoms with Crippen molar-refractivity contribution in [2.45, 2.75) is 46.3 Å². The number of aliphatic hydroxyl groups is 1. The number of likely N-dealkylation sites (tertiary alicyclic amines) is 1. The van der Waals surface area contributed by atoms with E-state index < -0.39 is 6.10 Å². The van der Waals surface area contributed by atoms with E-state index in [0.717, 1.165) is 23.4 Å². The highest BCUT2D eigenvalue weighted by molar-refractivity contribution is 5.38. The van der Waals surface area contributed by atoms with Crippen LogP contribution in [0.1, 0.15) is 44.4 Å². The predicted octanol–water partition coefficient (Wildman–Crippen LogP) is 3.40. The average molecular weight is 291 g/mol. The van der Waals surface area contributed by atoms with Gasteiger partial charge in [0.15, 0.2) is 0 Å². The summed E-state index contributed by atoms with van der Waals surface area (Å²) in [6, 6.07) is 6.51. The molecule has 0 amide bonds. The Balaban J connectivity index is 2.13. The second-order valence-electron chi connectivity index (χ2n) is 6.77. The van der Waals surface area contributed by atoms with E-state index in [9.17, 15) is 5.11 Å². The number of β-amino-alcohol motifs (C(OH)–C–C–N with tert-alkyl or cyclic N) is 1. The van der Waals surface area contributed by atoms with Crippen LogP contribution < -0.4 is 4.74 Å². The summed E-state index contributed by atoms with van der Waals surface area (Å²) in [6.45, 7) is 10.7. The van der Waals surface area contributed by atoms with Crippen molar-refractivity contribution in [1.82, 2.24) is 4.90 Å². The molecule has 118 valence electrons. The molecule has 3 nitrogen and oxygen atoms in total. The Morgan fingerprint density at radius 3 is 2.71 bits per heavy atom. The third kappa shape index (κ3) is 3.78. The molecule has 4 unspecified atom stereocenters. The fourth-order valence-electron chi connectivity index (χ4n) is 3.51. The summed E-state index contributed by atoms with van der Waals surface area (Å²) in [7, 11) is 1.66. The molecule has 21 heavy (non-hydrogen) atoms. The molecule has 0 bridgehead atoms. The Bertz CT molecular complexity index is 474. The second kappa shape index (κ2) is 6.80. The Hall–Kier alpha value is -1.06. The molecule has 0 radical (unpaired) electrons. The van der Waals surface area contributed by atoms with Crippen LogP contribution in [0.5, 0.6) is 5.75 Å². The van der Waals surface area contributed by atoms with E-state index in [-0.39, 0.29) is 0 Å². The van der Waals surface area contributed by atoms with Gasteiger partial charge in [-0.3, -0.25) is 4.90 Å². The first-order valence-electron chi connectivity index (χ1n) is 7.99. The van der Waals surface area contributed by atoms with Gasteiger partial charge in [-0.15, -0.1) is 0 Å². The number of aryl methyl sites for hydroxylation is 1. The van der Waals surface area contributed by atoms with Crippen LogP contribution in [0.2, 0.25) is 0 Å². The number of methoxy groups -OCH3 is 1. The molecule has 0 spiro atoms. The average Bonchev–Trinajstić information content (AvgIpc) is 2.44. The quantitative estimate of drug-likeness (QED) is 0.923. The summed E-state index contributed by atoms with van der Waals surface area (Å²) >= 11 is 0. The zero-order chi connectivity index (χ0) is 15.6. The second-order valence-corrected chi connectivity index (χ2v) is 6.77. The maximum atomic E-state index is 10.7. The summed E-state index contributed by atoms with van der Waals surface area (Å²) in [4.78, 5) is 2.42. The van der Waals surface area contributed by atoms with Gasteiger partial charge >= 0.3 is 0 Å². The minimum absolute atomic E-state index is 0.500. The monoisotopic (exact) mass is 291 g/mol. The molecule has 3 heteroatoms. The molecule has 4 atom stereocenters. The van der Waals surface area contributed by atoms with Gasteiger partial charge in [-0.25, -0.2) is 0 Å². The molecule has 0 saturated carbocycles. The normalized spacial score (nSPS) is 28.4. The Morgan fingerprint density at radius 2 is 2.05 bits per heavy atom. The van der Waals surface area contributed by atoms with Gasteiger partial charge in [0, 0.05) is 24.7 Å². The largest absolute Gasteiger partial charge is 0.496 e. The number of benzene rings is 1. The van der Waals surface area contributed by atoms with Crippen LogP contribution in [0.3, 0.4) is 0 Å². The lowest BCUT2D eigenvalue weighted by Gasteiger charge is -2.42. The molecule has 1 N–H and O–H groups in total. The number of piperidine rings is 1. The lowest BCUT2D eigenvalue weighted by atomic mass is 9.85. The molecule has 0 aromatic heterocycles. The van der Waals surface area contributed by atoms with Gasteiger partial charge in [-0.2, -0.15) is 0 Å². The van der Waals surface area contributed by atoms with Crippen molar-refractivity contribution in [2.24, 2.45) is 11.8 Å². The number of ether oxygens (including phenoxy) is 1. The predicted molar refractivity (Wildman–Crippen MR) is 86.7 cm³/mol. The van der Waals surface area contributed by atoms with E-state index in [2.05, 4.69) is 25.7 Å². The van der Waals surface area contributed by atoms with Crippen LogP contribution in [0.25, 0.3) is 0 Å². The molecule has 1 fully saturated rings. The molecule has 1 aromatic rings. The van der Waals surface area contributed by atoms with Crippen molar-refractivity contribution in [3.8, 4) is 5.75 Å². The van der Waals surface area contributed by atoms with Crippen LogP contribution >= 0.6 is 0 Å². The first-order valence-corrected chi connectivity index (χ1v) is 7.99. The smallest absolute Gasteiger partial charge is 0.124 e. The van der Waals surface area contributed by atoms with E-state index in [1.165, 1.54) is 6.42 Å². The van der Waals surface area contributed by atoms with Gasteiger partial charge < -0.3 is 9.84 Å². The van der Waals surface area contributed by atoms with Crippen molar-refractivity contribution in [3.63, 3.8) is 0 Å². The lowest BCUT2D eigenvalue weighted by molar-refractivity contribution is 0.0308. The van der Waals surface area contributed by atoms with E-state index >= 15 is 0 Å². The van der Waals surface area contributed by atoms with Crippen LogP contribution in [0.4, 0.5) is 0 Å². The van der Waals surface area contributed by atoms with Crippen LogP contribution in [-0.4, -0.2) is 36.2 Å². The Labute approximate surface area is 128 Å². The third-order valence-corrected chi connectivity index (χ3v) is 4.87. The van der Waals surface area contributed by atoms with Crippen LogP contribution in [-0.2, 0) is 0 Å². The first kappa shape index (κ1) is 16.3. The van der Waals surface area contributed by atoms with Crippen LogP contribution in [0.15, 0.2) is 18.2 Å². The van der Waals surface area contributed by atoms with Crippen molar-refractivity contribution in [3.05, 3.63) is 29.3 Å². The molecule has 1 saturated heterocycles. The summed E-state index contributed by atoms with van der Waals surface area (Å²) in [5.41, 5.74) is 2.05. The number of hydrogen-bond acceptors (Lipinski definition) is 3. The Kier molecular flexibility index (Phi) is 5.28. The molecule has 2 rings (SSSR count). The molecule has 1 heterocycles. The van der Waals surface area contributed by atoms with E-state index in [0.29, 0.717) is 24.4 Å². The van der Waals surface area contributed by atoms with Gasteiger partial charge in [0.05, 0.1) is 13.2 Å². The van der Waals surface area contributed by atoms with Gasteiger partial charge in [0.25, 0.3) is 0 Å². The van der Waals surface area contributed by atoms with Gasteiger partial charge in [0.2, 0.25) is 0 Å². The number of aliphatic hydroxyl groups excluding tert-OH is 1. The third-order valence-electron chi connectivity index (χ3n) is 4.87. The highest BCUT2D eigenvalue weighted by Crippen LogP contribution is 2.31. The van der Waals surface area contributed by atoms with Crippen molar-refractivity contribution < 1.29 is 9.84 Å². The topological polar surface area (TPSA) is 32.7 Å². The number of hydrogen-bond donors (Lipinski definition) is 1. The standard InChI is InChI=1S/C18H29NO2/c1-12-6-7-18(21-5)16(9-12)17(20)11-19-10-13(2)8-14(3)15(19)4/h6-7,9,13-15,17,20H,8,10-11H2,1-5H3. The van der Waals surface area contributed by atoms with Gasteiger partial charge in [0.1, 0.15) is 5.75 Å². The lowest BCUT2D eigenvalue weighted by Crippen LogP contribution is -2.47. The van der Waals surface area contributed by atoms with Crippen molar-refractivity contribution in [2.75, 3.05) is 20.2 Å². The fourth-order valence-corrected chi connectivity index (χ4v) is 3.51. The molecule has 0 aliphatic carbocycles. The highest BCUT2D eigenvalue weighted by atomic mass is 16.5. The minimum Gasteiger partial charge on any atom is -0.496 e. The molecular formula is C18H29NO2. The van der Waals surface area contributed by atoms with Gasteiger partial charge in [-0.05, 0) is 44.2 Å². The maximum absolute atomic E-state index is 10.7. The summed E-state index contributed by atoms with van der Waals surface area (Å²) in [6.07, 6.45) is 0.779. The van der Waals surface area contributed by atoms with E-state index in [1.807, 2.05) is 25.1 Å². The van der Waals surface area contributed by atoms with Crippen LogP contribution in [0, 0.1) is 18.8 Å². The SMILES string of the molecule is COc1ccc(C)cc1C(O)CN1CC(C)CC(C)C1C. The van der Waals surface area contributed by atoms with E-state index in [4.69, 9.17) is 4.74 Å². The first-order chi connectivity index (χ1) is 9.92. The summed E-state index contributed by atoms with van der Waals surface area (Å²) in [5.74, 6) is 2.15. The zero-order valence-electron chi connectivity index (χ0n) is 14.0. The molecule has 1 aliphatic heterocycles. The fraction of sp³-hybridized carbons (Fsp3) is 0.667. The summed E-state index contributed by atoms with van der Waals surface area (Å²) in [5, 5.41) is 10.7. The molecular weight excluding hydrogens is 262 g/mol. The Morgan fingerprint density at radius 1 is 1.33 bits per heavy atom.